The molecule has 2 rings (SSSR count). The van der Waals surface area contributed by atoms with Crippen LogP contribution in [0.3, 0.4) is 0 Å². The Morgan fingerprint density at radius 3 is 2.72 bits per heavy atom. The summed E-state index contributed by atoms with van der Waals surface area (Å²) in [7, 11) is 0. The second-order valence-corrected chi connectivity index (χ2v) is 5.21. The van der Waals surface area contributed by atoms with Gasteiger partial charge in [0, 0.05) is 4.47 Å². The Morgan fingerprint density at radius 2 is 2.11 bits per heavy atom. The zero-order valence-electron chi connectivity index (χ0n) is 10.0. The lowest BCUT2D eigenvalue weighted by Gasteiger charge is -2.09. The van der Waals surface area contributed by atoms with E-state index in [-0.39, 0.29) is 17.8 Å². The van der Waals surface area contributed by atoms with Gasteiger partial charge in [0.1, 0.15) is 5.82 Å². The van der Waals surface area contributed by atoms with E-state index in [9.17, 15) is 4.39 Å². The Bertz CT molecular complexity index is 556. The third-order valence-corrected chi connectivity index (χ3v) is 3.28. The highest BCUT2D eigenvalue weighted by atomic mass is 79.9. The number of nitrogens with zero attached hydrogens (tertiary/aromatic N) is 2. The standard InChI is InChI=1S/C12H13BrFN3O/c1-6(2)10(15)11-16-12(18-17-11)8-4-3-7(14)5-9(8)13/h3-6,10H,15H2,1-2H3. The van der Waals surface area contributed by atoms with Gasteiger partial charge in [-0.15, -0.1) is 0 Å². The maximum Gasteiger partial charge on any atom is 0.259 e. The molecule has 0 saturated carbocycles. The van der Waals surface area contributed by atoms with Gasteiger partial charge in [-0.2, -0.15) is 4.98 Å². The molecule has 1 atom stereocenters. The molecule has 1 heterocycles. The molecule has 6 heteroatoms. The topological polar surface area (TPSA) is 64.9 Å². The van der Waals surface area contributed by atoms with Gasteiger partial charge in [0.15, 0.2) is 5.82 Å². The average Bonchev–Trinajstić information content (AvgIpc) is 2.77. The fourth-order valence-electron chi connectivity index (χ4n) is 1.44. The van der Waals surface area contributed by atoms with Crippen molar-refractivity contribution in [2.45, 2.75) is 19.9 Å². The molecule has 0 aliphatic carbocycles. The molecule has 0 bridgehead atoms. The molecule has 1 aromatic heterocycles. The lowest BCUT2D eigenvalue weighted by molar-refractivity contribution is 0.400. The number of nitrogens with two attached hydrogens (primary N) is 1. The molecule has 0 aliphatic rings. The van der Waals surface area contributed by atoms with E-state index in [0.717, 1.165) is 0 Å². The Hall–Kier alpha value is -1.27. The first-order chi connectivity index (χ1) is 8.49. The van der Waals surface area contributed by atoms with Gasteiger partial charge in [0.2, 0.25) is 0 Å². The van der Waals surface area contributed by atoms with Gasteiger partial charge in [0.25, 0.3) is 5.89 Å². The third kappa shape index (κ3) is 2.59. The minimum atomic E-state index is -0.329. The van der Waals surface area contributed by atoms with Gasteiger partial charge in [-0.25, -0.2) is 4.39 Å². The van der Waals surface area contributed by atoms with Crippen LogP contribution in [0.5, 0.6) is 0 Å². The molecular weight excluding hydrogens is 301 g/mol. The lowest BCUT2D eigenvalue weighted by atomic mass is 10.1. The molecule has 4 nitrogen and oxygen atoms in total. The van der Waals surface area contributed by atoms with Crippen LogP contribution in [-0.2, 0) is 0 Å². The number of hydrogen-bond donors (Lipinski definition) is 1. The molecule has 96 valence electrons. The van der Waals surface area contributed by atoms with Crippen LogP contribution in [0.15, 0.2) is 27.2 Å². The number of benzene rings is 1. The van der Waals surface area contributed by atoms with Crippen LogP contribution in [0.1, 0.15) is 25.7 Å². The first-order valence-corrected chi connectivity index (χ1v) is 6.33. The Morgan fingerprint density at radius 1 is 1.39 bits per heavy atom. The summed E-state index contributed by atoms with van der Waals surface area (Å²) in [5.74, 6) is 0.667. The van der Waals surface area contributed by atoms with Crippen LogP contribution >= 0.6 is 15.9 Å². The second-order valence-electron chi connectivity index (χ2n) is 4.35. The molecule has 18 heavy (non-hydrogen) atoms. The molecular formula is C12H13BrFN3O. The molecule has 0 amide bonds. The van der Waals surface area contributed by atoms with Crippen molar-refractivity contribution in [3.8, 4) is 11.5 Å². The minimum Gasteiger partial charge on any atom is -0.334 e. The fraction of sp³-hybridized carbons (Fsp3) is 0.333. The Kier molecular flexibility index (Phi) is 3.77. The van der Waals surface area contributed by atoms with Crippen LogP contribution < -0.4 is 5.73 Å². The van der Waals surface area contributed by atoms with Gasteiger partial charge in [-0.1, -0.05) is 19.0 Å². The molecule has 0 saturated heterocycles. The summed E-state index contributed by atoms with van der Waals surface area (Å²) in [6.45, 7) is 3.96. The number of hydrogen-bond acceptors (Lipinski definition) is 4. The quantitative estimate of drug-likeness (QED) is 0.944. The van der Waals surface area contributed by atoms with Crippen molar-refractivity contribution in [3.63, 3.8) is 0 Å². The van der Waals surface area contributed by atoms with E-state index >= 15 is 0 Å². The summed E-state index contributed by atoms with van der Waals surface area (Å²) in [5.41, 5.74) is 6.58. The van der Waals surface area contributed by atoms with E-state index in [0.29, 0.717) is 21.8 Å². The largest absolute Gasteiger partial charge is 0.334 e. The summed E-state index contributed by atoms with van der Waals surface area (Å²) in [6.07, 6.45) is 0. The van der Waals surface area contributed by atoms with Crippen LogP contribution in [0.2, 0.25) is 0 Å². The van der Waals surface area contributed by atoms with Crippen molar-refractivity contribution in [1.82, 2.24) is 10.1 Å². The van der Waals surface area contributed by atoms with Gasteiger partial charge >= 0.3 is 0 Å². The molecule has 2 aromatic rings. The molecule has 2 N–H and O–H groups in total. The lowest BCUT2D eigenvalue weighted by Crippen LogP contribution is -2.18. The van der Waals surface area contributed by atoms with Crippen LogP contribution in [0, 0.1) is 11.7 Å². The number of aromatic nitrogens is 2. The second kappa shape index (κ2) is 5.16. The van der Waals surface area contributed by atoms with Gasteiger partial charge in [-0.3, -0.25) is 0 Å². The monoisotopic (exact) mass is 313 g/mol. The maximum atomic E-state index is 13.0. The summed E-state index contributed by atoms with van der Waals surface area (Å²) < 4.78 is 18.7. The SMILES string of the molecule is CC(C)C(N)c1noc(-c2ccc(F)cc2Br)n1. The average molecular weight is 314 g/mol. The molecule has 0 radical (unpaired) electrons. The molecule has 1 aromatic carbocycles. The smallest absolute Gasteiger partial charge is 0.259 e. The highest BCUT2D eigenvalue weighted by molar-refractivity contribution is 9.10. The normalized spacial score (nSPS) is 13.0. The highest BCUT2D eigenvalue weighted by Crippen LogP contribution is 2.28. The maximum absolute atomic E-state index is 13.0. The minimum absolute atomic E-state index is 0.215. The van der Waals surface area contributed by atoms with Crippen LogP contribution in [0.4, 0.5) is 4.39 Å². The Labute approximate surface area is 113 Å². The number of rotatable bonds is 3. The van der Waals surface area contributed by atoms with Gasteiger partial charge < -0.3 is 10.3 Å². The van der Waals surface area contributed by atoms with E-state index in [4.69, 9.17) is 10.3 Å². The summed E-state index contributed by atoms with van der Waals surface area (Å²) in [4.78, 5) is 4.24. The zero-order valence-corrected chi connectivity index (χ0v) is 11.6. The number of halogens is 2. The van der Waals surface area contributed by atoms with E-state index in [1.54, 1.807) is 6.07 Å². The predicted octanol–water partition coefficient (Wildman–Crippen LogP) is 3.29. The third-order valence-electron chi connectivity index (χ3n) is 2.62. The first-order valence-electron chi connectivity index (χ1n) is 5.53. The fourth-order valence-corrected chi connectivity index (χ4v) is 1.96. The van der Waals surface area contributed by atoms with E-state index in [2.05, 4.69) is 26.1 Å². The van der Waals surface area contributed by atoms with Gasteiger partial charge in [0.05, 0.1) is 11.6 Å². The van der Waals surface area contributed by atoms with Crippen molar-refractivity contribution in [2.75, 3.05) is 0 Å². The Balaban J connectivity index is 2.35. The molecule has 1 unspecified atom stereocenters. The van der Waals surface area contributed by atoms with E-state index in [1.807, 2.05) is 13.8 Å². The summed E-state index contributed by atoms with van der Waals surface area (Å²) in [6, 6.07) is 3.99. The van der Waals surface area contributed by atoms with Crippen molar-refractivity contribution in [3.05, 3.63) is 34.3 Å². The van der Waals surface area contributed by atoms with Crippen molar-refractivity contribution in [1.29, 1.82) is 0 Å². The molecule has 0 spiro atoms. The predicted molar refractivity (Wildman–Crippen MR) is 69.2 cm³/mol. The van der Waals surface area contributed by atoms with Crippen LogP contribution in [-0.4, -0.2) is 10.1 Å². The van der Waals surface area contributed by atoms with E-state index < -0.39 is 0 Å². The zero-order chi connectivity index (χ0) is 13.3. The first kappa shape index (κ1) is 13.2. The van der Waals surface area contributed by atoms with E-state index in [1.165, 1.54) is 12.1 Å². The van der Waals surface area contributed by atoms with Gasteiger partial charge in [-0.05, 0) is 40.0 Å². The van der Waals surface area contributed by atoms with Crippen molar-refractivity contribution >= 4 is 15.9 Å². The summed E-state index contributed by atoms with van der Waals surface area (Å²) in [5, 5.41) is 3.85. The van der Waals surface area contributed by atoms with Crippen molar-refractivity contribution < 1.29 is 8.91 Å². The molecule has 0 fully saturated rings. The van der Waals surface area contributed by atoms with Crippen molar-refractivity contribution in [2.24, 2.45) is 11.7 Å². The summed E-state index contributed by atoms with van der Waals surface area (Å²) >= 11 is 3.26. The van der Waals surface area contributed by atoms with Crippen LogP contribution in [0.25, 0.3) is 11.5 Å². The molecule has 0 aliphatic heterocycles. The highest BCUT2D eigenvalue weighted by Gasteiger charge is 2.19.